The van der Waals surface area contributed by atoms with Gasteiger partial charge in [-0.05, 0) is 23.8 Å². The average molecular weight is 362 g/mol. The second kappa shape index (κ2) is 8.21. The maximum Gasteiger partial charge on any atom is 0.408 e. The number of rotatable bonds is 6. The van der Waals surface area contributed by atoms with Gasteiger partial charge in [0.2, 0.25) is 5.91 Å². The molecule has 0 aliphatic carbocycles. The molecule has 0 saturated carbocycles. The SMILES string of the molecule is CC(C)(C)C[C@H](C(=O)O)N1CC[C@H](NC(=O)OCc2ccccc2)C1=O. The molecular formula is C19H26N2O5. The summed E-state index contributed by atoms with van der Waals surface area (Å²) in [7, 11) is 0. The number of nitrogens with one attached hydrogen (secondary N) is 1. The highest BCUT2D eigenvalue weighted by atomic mass is 16.5. The van der Waals surface area contributed by atoms with Crippen molar-refractivity contribution in [3.05, 3.63) is 35.9 Å². The highest BCUT2D eigenvalue weighted by Gasteiger charge is 2.41. The summed E-state index contributed by atoms with van der Waals surface area (Å²) in [6.45, 7) is 6.20. The predicted octanol–water partition coefficient (Wildman–Crippen LogP) is 2.40. The molecule has 0 aromatic heterocycles. The summed E-state index contributed by atoms with van der Waals surface area (Å²) >= 11 is 0. The molecule has 1 fully saturated rings. The van der Waals surface area contributed by atoms with Gasteiger partial charge in [-0.3, -0.25) is 4.79 Å². The van der Waals surface area contributed by atoms with Crippen molar-refractivity contribution in [3.8, 4) is 0 Å². The van der Waals surface area contributed by atoms with Crippen molar-refractivity contribution in [1.29, 1.82) is 0 Å². The number of carboxylic acid groups (broad SMARTS) is 1. The van der Waals surface area contributed by atoms with Crippen molar-refractivity contribution in [3.63, 3.8) is 0 Å². The zero-order valence-electron chi connectivity index (χ0n) is 15.4. The quantitative estimate of drug-likeness (QED) is 0.810. The normalized spacial score (nSPS) is 18.5. The van der Waals surface area contributed by atoms with Gasteiger partial charge in [-0.1, -0.05) is 51.1 Å². The molecule has 2 atom stereocenters. The molecule has 1 saturated heterocycles. The summed E-state index contributed by atoms with van der Waals surface area (Å²) in [6, 6.07) is 7.58. The van der Waals surface area contributed by atoms with E-state index in [1.54, 1.807) is 0 Å². The molecule has 142 valence electrons. The van der Waals surface area contributed by atoms with Crippen LogP contribution in [0.4, 0.5) is 4.79 Å². The van der Waals surface area contributed by atoms with Crippen molar-refractivity contribution in [2.24, 2.45) is 5.41 Å². The Kier molecular flexibility index (Phi) is 6.23. The minimum Gasteiger partial charge on any atom is -0.480 e. The first kappa shape index (κ1) is 19.8. The van der Waals surface area contributed by atoms with Gasteiger partial charge in [0.05, 0.1) is 0 Å². The number of benzene rings is 1. The van der Waals surface area contributed by atoms with E-state index in [0.717, 1.165) is 5.56 Å². The molecule has 0 unspecified atom stereocenters. The van der Waals surface area contributed by atoms with Crippen LogP contribution in [0.1, 0.15) is 39.2 Å². The largest absolute Gasteiger partial charge is 0.480 e. The summed E-state index contributed by atoms with van der Waals surface area (Å²) in [5.41, 5.74) is 0.613. The highest BCUT2D eigenvalue weighted by Crippen LogP contribution is 2.26. The number of hydrogen-bond donors (Lipinski definition) is 2. The maximum atomic E-state index is 12.5. The van der Waals surface area contributed by atoms with Gasteiger partial charge in [0, 0.05) is 6.54 Å². The molecule has 2 rings (SSSR count). The number of carbonyl (C=O) groups is 3. The van der Waals surface area contributed by atoms with E-state index < -0.39 is 24.1 Å². The van der Waals surface area contributed by atoms with Crippen LogP contribution in [0, 0.1) is 5.41 Å². The summed E-state index contributed by atoms with van der Waals surface area (Å²) in [5, 5.41) is 12.0. The number of amides is 2. The summed E-state index contributed by atoms with van der Waals surface area (Å²) in [5.74, 6) is -1.40. The zero-order chi connectivity index (χ0) is 19.3. The Labute approximate surface area is 153 Å². The van der Waals surface area contributed by atoms with Gasteiger partial charge < -0.3 is 20.1 Å². The lowest BCUT2D eigenvalue weighted by Crippen LogP contribution is -2.48. The average Bonchev–Trinajstić information content (AvgIpc) is 2.91. The molecule has 1 aliphatic heterocycles. The Bertz CT molecular complexity index is 654. The number of carboxylic acids is 1. The minimum absolute atomic E-state index is 0.110. The van der Waals surface area contributed by atoms with Crippen LogP contribution >= 0.6 is 0 Å². The van der Waals surface area contributed by atoms with Crippen molar-refractivity contribution >= 4 is 18.0 Å². The van der Waals surface area contributed by atoms with E-state index in [2.05, 4.69) is 5.32 Å². The van der Waals surface area contributed by atoms with Crippen LogP contribution in [0.2, 0.25) is 0 Å². The van der Waals surface area contributed by atoms with Gasteiger partial charge in [0.1, 0.15) is 18.7 Å². The fourth-order valence-electron chi connectivity index (χ4n) is 2.96. The minimum atomic E-state index is -1.03. The Morgan fingerprint density at radius 3 is 2.54 bits per heavy atom. The molecule has 26 heavy (non-hydrogen) atoms. The topological polar surface area (TPSA) is 95.9 Å². The first-order valence-corrected chi connectivity index (χ1v) is 8.68. The Morgan fingerprint density at radius 1 is 1.31 bits per heavy atom. The van der Waals surface area contributed by atoms with Gasteiger partial charge in [0.15, 0.2) is 0 Å². The number of ether oxygens (including phenoxy) is 1. The zero-order valence-corrected chi connectivity index (χ0v) is 15.4. The van der Waals surface area contributed by atoms with Gasteiger partial charge in [-0.25, -0.2) is 9.59 Å². The second-order valence-electron chi connectivity index (χ2n) is 7.70. The molecule has 1 aromatic rings. The molecule has 2 N–H and O–H groups in total. The van der Waals surface area contributed by atoms with Crippen molar-refractivity contribution in [2.75, 3.05) is 6.54 Å². The number of alkyl carbamates (subject to hydrolysis) is 1. The van der Waals surface area contributed by atoms with E-state index in [1.165, 1.54) is 4.90 Å². The maximum absolute atomic E-state index is 12.5. The molecule has 1 heterocycles. The van der Waals surface area contributed by atoms with E-state index in [0.29, 0.717) is 19.4 Å². The summed E-state index contributed by atoms with van der Waals surface area (Å²) in [6.07, 6.45) is 0.0312. The van der Waals surface area contributed by atoms with Gasteiger partial charge >= 0.3 is 12.1 Å². The lowest BCUT2D eigenvalue weighted by atomic mass is 9.87. The molecule has 1 aromatic carbocycles. The van der Waals surface area contributed by atoms with Gasteiger partial charge in [0.25, 0.3) is 0 Å². The lowest BCUT2D eigenvalue weighted by molar-refractivity contribution is -0.150. The van der Waals surface area contributed by atoms with Crippen molar-refractivity contribution < 1.29 is 24.2 Å². The monoisotopic (exact) mass is 362 g/mol. The number of carbonyl (C=O) groups excluding carboxylic acids is 2. The molecule has 0 bridgehead atoms. The van der Waals surface area contributed by atoms with E-state index >= 15 is 0 Å². The van der Waals surface area contributed by atoms with Crippen LogP contribution in [0.15, 0.2) is 30.3 Å². The summed E-state index contributed by atoms with van der Waals surface area (Å²) in [4.78, 5) is 37.4. The smallest absolute Gasteiger partial charge is 0.408 e. The fourth-order valence-corrected chi connectivity index (χ4v) is 2.96. The van der Waals surface area contributed by atoms with Crippen molar-refractivity contribution in [2.45, 2.75) is 52.3 Å². The van der Waals surface area contributed by atoms with Gasteiger partial charge in [-0.15, -0.1) is 0 Å². The fraction of sp³-hybridized carbons (Fsp3) is 0.526. The highest BCUT2D eigenvalue weighted by molar-refractivity contribution is 5.91. The predicted molar refractivity (Wildman–Crippen MR) is 95.4 cm³/mol. The van der Waals surface area contributed by atoms with E-state index in [1.807, 2.05) is 51.1 Å². The lowest BCUT2D eigenvalue weighted by Gasteiger charge is -2.30. The molecule has 2 amide bonds. The Morgan fingerprint density at radius 2 is 1.96 bits per heavy atom. The van der Waals surface area contributed by atoms with E-state index in [-0.39, 0.29) is 17.9 Å². The number of hydrogen-bond acceptors (Lipinski definition) is 4. The molecule has 7 nitrogen and oxygen atoms in total. The first-order valence-electron chi connectivity index (χ1n) is 8.68. The van der Waals surface area contributed by atoms with Crippen LogP contribution in [0.5, 0.6) is 0 Å². The summed E-state index contributed by atoms with van der Waals surface area (Å²) < 4.78 is 5.12. The molecule has 0 spiro atoms. The third-order valence-electron chi connectivity index (χ3n) is 4.21. The van der Waals surface area contributed by atoms with Crippen LogP contribution < -0.4 is 5.32 Å². The molecule has 1 aliphatic rings. The third-order valence-corrected chi connectivity index (χ3v) is 4.21. The van der Waals surface area contributed by atoms with Crippen LogP contribution in [-0.4, -0.2) is 46.6 Å². The Balaban J connectivity index is 1.91. The van der Waals surface area contributed by atoms with Gasteiger partial charge in [-0.2, -0.15) is 0 Å². The number of likely N-dealkylation sites (tertiary alicyclic amines) is 1. The third kappa shape index (κ3) is 5.47. The standard InChI is InChI=1S/C19H26N2O5/c1-19(2,3)11-15(17(23)24)21-10-9-14(16(21)22)20-18(25)26-12-13-7-5-4-6-8-13/h4-8,14-15H,9-12H2,1-3H3,(H,20,25)(H,23,24)/t14-,15+/m0/s1. The number of aliphatic carboxylic acids is 1. The van der Waals surface area contributed by atoms with Crippen LogP contribution in [-0.2, 0) is 20.9 Å². The van der Waals surface area contributed by atoms with Crippen LogP contribution in [0.25, 0.3) is 0 Å². The van der Waals surface area contributed by atoms with E-state index in [9.17, 15) is 19.5 Å². The first-order chi connectivity index (χ1) is 12.2. The van der Waals surface area contributed by atoms with Crippen molar-refractivity contribution in [1.82, 2.24) is 10.2 Å². The second-order valence-corrected chi connectivity index (χ2v) is 7.70. The van der Waals surface area contributed by atoms with E-state index in [4.69, 9.17) is 4.74 Å². The Hall–Kier alpha value is -2.57. The molecular weight excluding hydrogens is 336 g/mol. The van der Waals surface area contributed by atoms with Crippen LogP contribution in [0.3, 0.4) is 0 Å². The number of nitrogens with zero attached hydrogens (tertiary/aromatic N) is 1. The molecule has 7 heteroatoms. The molecule has 0 radical (unpaired) electrons.